The molecule has 21 heavy (non-hydrogen) atoms. The van der Waals surface area contributed by atoms with Crippen LogP contribution in [0.4, 0.5) is 10.1 Å². The van der Waals surface area contributed by atoms with Crippen LogP contribution in [-0.4, -0.2) is 17.9 Å². The van der Waals surface area contributed by atoms with Crippen molar-refractivity contribution in [2.24, 2.45) is 0 Å². The Bertz CT molecular complexity index is 541. The molecule has 4 nitrogen and oxygen atoms in total. The number of halogens is 1. The van der Waals surface area contributed by atoms with Crippen LogP contribution in [0, 0.1) is 5.82 Å². The second-order valence-corrected chi connectivity index (χ2v) is 5.40. The Morgan fingerprint density at radius 1 is 1.33 bits per heavy atom. The molecule has 0 spiro atoms. The fourth-order valence-corrected chi connectivity index (χ4v) is 2.71. The average Bonchev–Trinajstić information content (AvgIpc) is 2.45. The molecule has 0 aliphatic carbocycles. The number of nitrogens with one attached hydrogen (secondary N) is 2. The highest BCUT2D eigenvalue weighted by Crippen LogP contribution is 2.27. The van der Waals surface area contributed by atoms with Gasteiger partial charge >= 0.3 is 0 Å². The molecule has 2 amide bonds. The Balaban J connectivity index is 2.10. The number of hydrogen-bond donors (Lipinski definition) is 2. The van der Waals surface area contributed by atoms with Gasteiger partial charge in [0.15, 0.2) is 0 Å². The lowest BCUT2D eigenvalue weighted by Gasteiger charge is -2.23. The average molecular weight is 292 g/mol. The standard InChI is InChI=1S/C16H21FN2O2/c1-3-10(4-2)12-6-5-11(9-13(12)17)18-14-7-8-15(20)19-16(14)21/h5-6,9-10,14,18H,3-4,7-8H2,1-2H3,(H,19,20,21). The molecule has 1 saturated heterocycles. The van der Waals surface area contributed by atoms with E-state index in [-0.39, 0.29) is 23.5 Å². The molecule has 2 rings (SSSR count). The number of benzene rings is 1. The van der Waals surface area contributed by atoms with Crippen molar-refractivity contribution in [3.8, 4) is 0 Å². The number of carbonyl (C=O) groups is 2. The first-order chi connectivity index (χ1) is 10.0. The van der Waals surface area contributed by atoms with E-state index < -0.39 is 6.04 Å². The van der Waals surface area contributed by atoms with Crippen molar-refractivity contribution in [3.63, 3.8) is 0 Å². The van der Waals surface area contributed by atoms with Gasteiger partial charge < -0.3 is 5.32 Å². The van der Waals surface area contributed by atoms with Crippen LogP contribution in [0.15, 0.2) is 18.2 Å². The molecular weight excluding hydrogens is 271 g/mol. The van der Waals surface area contributed by atoms with Crippen molar-refractivity contribution < 1.29 is 14.0 Å². The third-order valence-electron chi connectivity index (χ3n) is 4.01. The molecule has 1 aliphatic rings. The molecule has 0 aromatic heterocycles. The molecule has 1 fully saturated rings. The molecule has 1 aliphatic heterocycles. The van der Waals surface area contributed by atoms with Crippen LogP contribution in [0.25, 0.3) is 0 Å². The molecule has 1 heterocycles. The second-order valence-electron chi connectivity index (χ2n) is 5.40. The molecule has 2 N–H and O–H groups in total. The second kappa shape index (κ2) is 6.70. The van der Waals surface area contributed by atoms with E-state index in [0.717, 1.165) is 12.8 Å². The third-order valence-corrected chi connectivity index (χ3v) is 4.01. The summed E-state index contributed by atoms with van der Waals surface area (Å²) in [6, 6.07) is 4.51. The fraction of sp³-hybridized carbons (Fsp3) is 0.500. The molecule has 0 radical (unpaired) electrons. The van der Waals surface area contributed by atoms with Gasteiger partial charge in [0.2, 0.25) is 11.8 Å². The lowest BCUT2D eigenvalue weighted by Crippen LogP contribution is -2.47. The molecule has 0 bridgehead atoms. The monoisotopic (exact) mass is 292 g/mol. The van der Waals surface area contributed by atoms with E-state index >= 15 is 0 Å². The molecular formula is C16H21FN2O2. The number of amides is 2. The van der Waals surface area contributed by atoms with Gasteiger partial charge in [0, 0.05) is 12.1 Å². The van der Waals surface area contributed by atoms with Gasteiger partial charge in [-0.05, 0) is 42.9 Å². The molecule has 1 aromatic rings. The van der Waals surface area contributed by atoms with Crippen molar-refractivity contribution in [1.29, 1.82) is 0 Å². The molecule has 5 heteroatoms. The maximum atomic E-state index is 14.2. The highest BCUT2D eigenvalue weighted by molar-refractivity contribution is 6.01. The minimum Gasteiger partial charge on any atom is -0.374 e. The van der Waals surface area contributed by atoms with Gasteiger partial charge in [0.1, 0.15) is 11.9 Å². The van der Waals surface area contributed by atoms with Crippen LogP contribution in [0.3, 0.4) is 0 Å². The Kier molecular flexibility index (Phi) is 4.94. The fourth-order valence-electron chi connectivity index (χ4n) is 2.71. The normalized spacial score (nSPS) is 18.8. The minimum atomic E-state index is -0.485. The third kappa shape index (κ3) is 3.60. The SMILES string of the molecule is CCC(CC)c1ccc(NC2CCC(=O)NC2=O)cc1F. The van der Waals surface area contributed by atoms with E-state index in [9.17, 15) is 14.0 Å². The quantitative estimate of drug-likeness (QED) is 0.820. The van der Waals surface area contributed by atoms with Crippen LogP contribution in [0.1, 0.15) is 51.0 Å². The van der Waals surface area contributed by atoms with Crippen molar-refractivity contribution in [2.75, 3.05) is 5.32 Å². The predicted octanol–water partition coefficient (Wildman–Crippen LogP) is 2.95. The van der Waals surface area contributed by atoms with Gasteiger partial charge in [0.25, 0.3) is 0 Å². The molecule has 0 saturated carbocycles. The van der Waals surface area contributed by atoms with E-state index in [2.05, 4.69) is 10.6 Å². The summed E-state index contributed by atoms with van der Waals surface area (Å²) in [6.45, 7) is 4.09. The number of imide groups is 1. The van der Waals surface area contributed by atoms with Crippen molar-refractivity contribution in [1.82, 2.24) is 5.32 Å². The number of rotatable bonds is 5. The van der Waals surface area contributed by atoms with Crippen LogP contribution < -0.4 is 10.6 Å². The van der Waals surface area contributed by atoms with Crippen LogP contribution in [0.5, 0.6) is 0 Å². The Morgan fingerprint density at radius 2 is 2.05 bits per heavy atom. The number of piperidine rings is 1. The summed E-state index contributed by atoms with van der Waals surface area (Å²) in [5, 5.41) is 5.27. The zero-order valence-electron chi connectivity index (χ0n) is 12.4. The highest BCUT2D eigenvalue weighted by Gasteiger charge is 2.26. The van der Waals surface area contributed by atoms with Crippen LogP contribution in [-0.2, 0) is 9.59 Å². The summed E-state index contributed by atoms with van der Waals surface area (Å²) in [7, 11) is 0. The topological polar surface area (TPSA) is 58.2 Å². The van der Waals surface area contributed by atoms with Crippen LogP contribution in [0.2, 0.25) is 0 Å². The van der Waals surface area contributed by atoms with Gasteiger partial charge in [-0.25, -0.2) is 4.39 Å². The van der Waals surface area contributed by atoms with Crippen LogP contribution >= 0.6 is 0 Å². The van der Waals surface area contributed by atoms with Gasteiger partial charge in [-0.15, -0.1) is 0 Å². The molecule has 1 atom stereocenters. The first-order valence-electron chi connectivity index (χ1n) is 7.44. The molecule has 1 unspecified atom stereocenters. The zero-order valence-corrected chi connectivity index (χ0v) is 12.4. The molecule has 1 aromatic carbocycles. The number of anilines is 1. The van der Waals surface area contributed by atoms with E-state index in [1.165, 1.54) is 6.07 Å². The summed E-state index contributed by atoms with van der Waals surface area (Å²) in [5.41, 5.74) is 1.28. The summed E-state index contributed by atoms with van der Waals surface area (Å²) < 4.78 is 14.2. The van der Waals surface area contributed by atoms with E-state index in [4.69, 9.17) is 0 Å². The Hall–Kier alpha value is -1.91. The summed E-state index contributed by atoms with van der Waals surface area (Å²) in [4.78, 5) is 22.8. The van der Waals surface area contributed by atoms with Gasteiger partial charge in [-0.3, -0.25) is 14.9 Å². The maximum Gasteiger partial charge on any atom is 0.249 e. The summed E-state index contributed by atoms with van der Waals surface area (Å²) >= 11 is 0. The van der Waals surface area contributed by atoms with Gasteiger partial charge in [-0.2, -0.15) is 0 Å². The van der Waals surface area contributed by atoms with Gasteiger partial charge in [0.05, 0.1) is 0 Å². The van der Waals surface area contributed by atoms with E-state index in [1.54, 1.807) is 12.1 Å². The summed E-state index contributed by atoms with van der Waals surface area (Å²) in [5.74, 6) is -0.639. The number of carbonyl (C=O) groups excluding carboxylic acids is 2. The highest BCUT2D eigenvalue weighted by atomic mass is 19.1. The van der Waals surface area contributed by atoms with Crippen molar-refractivity contribution in [2.45, 2.75) is 51.5 Å². The lowest BCUT2D eigenvalue weighted by molar-refractivity contribution is -0.133. The Labute approximate surface area is 124 Å². The van der Waals surface area contributed by atoms with Crippen molar-refractivity contribution in [3.05, 3.63) is 29.6 Å². The Morgan fingerprint density at radius 3 is 2.62 bits per heavy atom. The number of hydrogen-bond acceptors (Lipinski definition) is 3. The van der Waals surface area contributed by atoms with Gasteiger partial charge in [-0.1, -0.05) is 19.9 Å². The smallest absolute Gasteiger partial charge is 0.249 e. The summed E-state index contributed by atoms with van der Waals surface area (Å²) in [6.07, 6.45) is 2.53. The lowest BCUT2D eigenvalue weighted by atomic mass is 9.93. The first-order valence-corrected chi connectivity index (χ1v) is 7.44. The minimum absolute atomic E-state index is 0.217. The van der Waals surface area contributed by atoms with E-state index in [1.807, 2.05) is 13.8 Å². The largest absolute Gasteiger partial charge is 0.374 e. The van der Waals surface area contributed by atoms with E-state index in [0.29, 0.717) is 24.1 Å². The predicted molar refractivity (Wildman–Crippen MR) is 79.5 cm³/mol. The van der Waals surface area contributed by atoms with Crippen molar-refractivity contribution >= 4 is 17.5 Å². The first kappa shape index (κ1) is 15.5. The maximum absolute atomic E-state index is 14.2. The molecule has 114 valence electrons. The zero-order chi connectivity index (χ0) is 15.4.